The predicted octanol–water partition coefficient (Wildman–Crippen LogP) is 1.63. The SMILES string of the molecule is CN[C@@H]1CC(C(=O)N2CCCCC2)C1(C)C. The van der Waals surface area contributed by atoms with Crippen LogP contribution in [-0.4, -0.2) is 37.0 Å². The van der Waals surface area contributed by atoms with Crippen LogP contribution < -0.4 is 5.32 Å². The molecule has 3 heteroatoms. The third-order valence-corrected chi connectivity index (χ3v) is 4.58. The first-order chi connectivity index (χ1) is 7.57. The Kier molecular flexibility index (Phi) is 3.24. The molecule has 2 rings (SSSR count). The van der Waals surface area contributed by atoms with Gasteiger partial charge in [0, 0.05) is 25.0 Å². The van der Waals surface area contributed by atoms with E-state index in [1.807, 2.05) is 7.05 Å². The van der Waals surface area contributed by atoms with E-state index in [4.69, 9.17) is 0 Å². The molecule has 16 heavy (non-hydrogen) atoms. The number of nitrogens with one attached hydrogen (secondary N) is 1. The Labute approximate surface area is 98.6 Å². The molecule has 92 valence electrons. The second-order valence-corrected chi connectivity index (χ2v) is 5.84. The summed E-state index contributed by atoms with van der Waals surface area (Å²) in [4.78, 5) is 14.4. The number of carbonyl (C=O) groups excluding carboxylic acids is 1. The fraction of sp³-hybridized carbons (Fsp3) is 0.923. The molecule has 1 saturated heterocycles. The molecule has 0 bridgehead atoms. The van der Waals surface area contributed by atoms with Crippen LogP contribution in [0.4, 0.5) is 0 Å². The van der Waals surface area contributed by atoms with E-state index in [1.165, 1.54) is 19.3 Å². The van der Waals surface area contributed by atoms with Crippen LogP contribution in [0, 0.1) is 11.3 Å². The molecular formula is C13H24N2O. The molecular weight excluding hydrogens is 200 g/mol. The van der Waals surface area contributed by atoms with E-state index in [0.29, 0.717) is 11.9 Å². The van der Waals surface area contributed by atoms with Gasteiger partial charge in [0.05, 0.1) is 0 Å². The van der Waals surface area contributed by atoms with Gasteiger partial charge in [0.1, 0.15) is 0 Å². The van der Waals surface area contributed by atoms with Gasteiger partial charge in [-0.1, -0.05) is 13.8 Å². The van der Waals surface area contributed by atoms with Gasteiger partial charge in [-0.15, -0.1) is 0 Å². The van der Waals surface area contributed by atoms with Crippen molar-refractivity contribution in [3.05, 3.63) is 0 Å². The second kappa shape index (κ2) is 4.36. The van der Waals surface area contributed by atoms with Gasteiger partial charge in [-0.3, -0.25) is 4.79 Å². The molecule has 1 aliphatic heterocycles. The van der Waals surface area contributed by atoms with Crippen LogP contribution in [0.2, 0.25) is 0 Å². The summed E-state index contributed by atoms with van der Waals surface area (Å²) in [6, 6.07) is 0.506. The molecule has 0 spiro atoms. The Hall–Kier alpha value is -0.570. The van der Waals surface area contributed by atoms with Crippen molar-refractivity contribution in [3.8, 4) is 0 Å². The van der Waals surface area contributed by atoms with Gasteiger partial charge < -0.3 is 10.2 Å². The van der Waals surface area contributed by atoms with Crippen molar-refractivity contribution in [1.82, 2.24) is 10.2 Å². The highest BCUT2D eigenvalue weighted by Crippen LogP contribution is 2.47. The number of nitrogens with zero attached hydrogens (tertiary/aromatic N) is 1. The predicted molar refractivity (Wildman–Crippen MR) is 65.2 cm³/mol. The van der Waals surface area contributed by atoms with Gasteiger partial charge in [-0.2, -0.15) is 0 Å². The summed E-state index contributed by atoms with van der Waals surface area (Å²) in [5, 5.41) is 3.31. The van der Waals surface area contributed by atoms with Gasteiger partial charge in [0.15, 0.2) is 0 Å². The van der Waals surface area contributed by atoms with Crippen molar-refractivity contribution in [2.24, 2.45) is 11.3 Å². The first kappa shape index (κ1) is 11.9. The lowest BCUT2D eigenvalue weighted by molar-refractivity contribution is -0.149. The Morgan fingerprint density at radius 3 is 2.38 bits per heavy atom. The van der Waals surface area contributed by atoms with Gasteiger partial charge in [0.25, 0.3) is 0 Å². The average molecular weight is 224 g/mol. The summed E-state index contributed by atoms with van der Waals surface area (Å²) in [6.45, 7) is 6.39. The largest absolute Gasteiger partial charge is 0.342 e. The zero-order chi connectivity index (χ0) is 11.8. The Balaban J connectivity index is 1.96. The van der Waals surface area contributed by atoms with Crippen molar-refractivity contribution in [2.45, 2.75) is 45.6 Å². The van der Waals surface area contributed by atoms with Crippen molar-refractivity contribution in [2.75, 3.05) is 20.1 Å². The van der Waals surface area contributed by atoms with Gasteiger partial charge in [-0.25, -0.2) is 0 Å². The van der Waals surface area contributed by atoms with E-state index in [-0.39, 0.29) is 11.3 Å². The fourth-order valence-corrected chi connectivity index (χ4v) is 3.17. The van der Waals surface area contributed by atoms with Crippen LogP contribution in [-0.2, 0) is 4.79 Å². The molecule has 2 fully saturated rings. The number of rotatable bonds is 2. The van der Waals surface area contributed by atoms with E-state index in [2.05, 4.69) is 24.1 Å². The molecule has 1 aliphatic carbocycles. The van der Waals surface area contributed by atoms with Crippen LogP contribution in [0.3, 0.4) is 0 Å². The molecule has 3 nitrogen and oxygen atoms in total. The zero-order valence-corrected chi connectivity index (χ0v) is 10.8. The lowest BCUT2D eigenvalue weighted by Crippen LogP contribution is -2.61. The average Bonchev–Trinajstić information content (AvgIpc) is 2.29. The minimum absolute atomic E-state index is 0.128. The van der Waals surface area contributed by atoms with Crippen LogP contribution in [0.15, 0.2) is 0 Å². The van der Waals surface area contributed by atoms with Crippen LogP contribution in [0.25, 0.3) is 0 Å². The number of piperidine rings is 1. The Morgan fingerprint density at radius 1 is 1.25 bits per heavy atom. The summed E-state index contributed by atoms with van der Waals surface area (Å²) < 4.78 is 0. The fourth-order valence-electron chi connectivity index (χ4n) is 3.17. The summed E-state index contributed by atoms with van der Waals surface area (Å²) in [5.41, 5.74) is 0.128. The molecule has 1 N–H and O–H groups in total. The lowest BCUT2D eigenvalue weighted by Gasteiger charge is -2.52. The highest BCUT2D eigenvalue weighted by atomic mass is 16.2. The minimum atomic E-state index is 0.128. The number of hydrogen-bond donors (Lipinski definition) is 1. The van der Waals surface area contributed by atoms with E-state index in [9.17, 15) is 4.79 Å². The smallest absolute Gasteiger partial charge is 0.226 e. The van der Waals surface area contributed by atoms with E-state index in [1.54, 1.807) is 0 Å². The Bertz CT molecular complexity index is 269. The topological polar surface area (TPSA) is 32.3 Å². The van der Waals surface area contributed by atoms with Crippen molar-refractivity contribution in [1.29, 1.82) is 0 Å². The van der Waals surface area contributed by atoms with Gasteiger partial charge >= 0.3 is 0 Å². The zero-order valence-electron chi connectivity index (χ0n) is 10.8. The van der Waals surface area contributed by atoms with E-state index < -0.39 is 0 Å². The summed E-state index contributed by atoms with van der Waals surface area (Å²) >= 11 is 0. The van der Waals surface area contributed by atoms with E-state index >= 15 is 0 Å². The van der Waals surface area contributed by atoms with E-state index in [0.717, 1.165) is 19.5 Å². The quantitative estimate of drug-likeness (QED) is 0.773. The number of likely N-dealkylation sites (tertiary alicyclic amines) is 1. The van der Waals surface area contributed by atoms with Crippen LogP contribution in [0.5, 0.6) is 0 Å². The van der Waals surface area contributed by atoms with Gasteiger partial charge in [-0.05, 0) is 38.1 Å². The van der Waals surface area contributed by atoms with Gasteiger partial charge in [0.2, 0.25) is 5.91 Å². The normalized spacial score (nSPS) is 33.3. The summed E-state index contributed by atoms with van der Waals surface area (Å²) in [5.74, 6) is 0.638. The molecule has 2 aliphatic rings. The second-order valence-electron chi connectivity index (χ2n) is 5.84. The first-order valence-electron chi connectivity index (χ1n) is 6.53. The highest BCUT2D eigenvalue weighted by Gasteiger charge is 2.51. The maximum Gasteiger partial charge on any atom is 0.226 e. The van der Waals surface area contributed by atoms with Crippen molar-refractivity contribution < 1.29 is 4.79 Å². The van der Waals surface area contributed by atoms with Crippen LogP contribution in [0.1, 0.15) is 39.5 Å². The molecule has 2 atom stereocenters. The van der Waals surface area contributed by atoms with Crippen LogP contribution >= 0.6 is 0 Å². The first-order valence-corrected chi connectivity index (χ1v) is 6.53. The monoisotopic (exact) mass is 224 g/mol. The number of hydrogen-bond acceptors (Lipinski definition) is 2. The molecule has 0 aromatic heterocycles. The summed E-state index contributed by atoms with van der Waals surface area (Å²) in [6.07, 6.45) is 4.68. The maximum atomic E-state index is 12.4. The highest BCUT2D eigenvalue weighted by molar-refractivity contribution is 5.81. The number of amides is 1. The standard InChI is InChI=1S/C13H24N2O/c1-13(2)10(9-11(13)14-3)12(16)15-7-5-4-6-8-15/h10-11,14H,4-9H2,1-3H3/t10?,11-/m1/s1. The summed E-state index contributed by atoms with van der Waals surface area (Å²) in [7, 11) is 1.99. The number of carbonyl (C=O) groups is 1. The third kappa shape index (κ3) is 1.86. The van der Waals surface area contributed by atoms with Crippen molar-refractivity contribution in [3.63, 3.8) is 0 Å². The molecule has 1 heterocycles. The molecule has 1 unspecified atom stereocenters. The lowest BCUT2D eigenvalue weighted by atomic mass is 9.58. The van der Waals surface area contributed by atoms with Crippen molar-refractivity contribution >= 4 is 5.91 Å². The molecule has 0 aromatic carbocycles. The third-order valence-electron chi connectivity index (χ3n) is 4.58. The Morgan fingerprint density at radius 2 is 1.88 bits per heavy atom. The maximum absolute atomic E-state index is 12.4. The molecule has 0 radical (unpaired) electrons. The minimum Gasteiger partial charge on any atom is -0.342 e. The molecule has 1 amide bonds. The molecule has 0 aromatic rings. The molecule has 1 saturated carbocycles.